The lowest BCUT2D eigenvalue weighted by Crippen LogP contribution is -1.97. The highest BCUT2D eigenvalue weighted by molar-refractivity contribution is 5.59. The highest BCUT2D eigenvalue weighted by atomic mass is 16.7. The van der Waals surface area contributed by atoms with Crippen molar-refractivity contribution in [1.82, 2.24) is 0 Å². The van der Waals surface area contributed by atoms with Crippen LogP contribution in [0.5, 0.6) is 0 Å². The minimum atomic E-state index is -0.657. The van der Waals surface area contributed by atoms with Crippen molar-refractivity contribution in [2.45, 2.75) is 0 Å². The Labute approximate surface area is 58.9 Å². The van der Waals surface area contributed by atoms with Gasteiger partial charge in [-0.2, -0.15) is 0 Å². The quantitative estimate of drug-likeness (QED) is 0.394. The molecule has 0 aliphatic rings. The normalized spacial score (nSPS) is 6.30. The number of hydrogen-bond acceptors (Lipinski definition) is 5. The molecule has 10 heavy (non-hydrogen) atoms. The summed E-state index contributed by atoms with van der Waals surface area (Å²) < 4.78 is 11.9. The zero-order valence-electron chi connectivity index (χ0n) is 6.12. The van der Waals surface area contributed by atoms with Crippen LogP contribution in [0.2, 0.25) is 0 Å². The molecule has 0 aromatic carbocycles. The van der Waals surface area contributed by atoms with Crippen LogP contribution in [0.4, 0.5) is 4.79 Å². The summed E-state index contributed by atoms with van der Waals surface area (Å²) in [5.74, 6) is 0. The molecule has 5 nitrogen and oxygen atoms in total. The monoisotopic (exact) mass is 150 g/mol. The molecule has 0 aromatic heterocycles. The summed E-state index contributed by atoms with van der Waals surface area (Å²) in [5.41, 5.74) is 0. The van der Waals surface area contributed by atoms with Crippen LogP contribution in [0.15, 0.2) is 0 Å². The first-order valence-corrected chi connectivity index (χ1v) is 2.31. The van der Waals surface area contributed by atoms with Gasteiger partial charge in [-0.3, -0.25) is 4.79 Å². The minimum absolute atomic E-state index is 0.375. The van der Waals surface area contributed by atoms with E-state index in [0.29, 0.717) is 6.47 Å². The van der Waals surface area contributed by atoms with E-state index < -0.39 is 6.16 Å². The molecule has 0 N–H and O–H groups in total. The molecule has 0 atom stereocenters. The molecule has 0 unspecified atom stereocenters. The summed E-state index contributed by atoms with van der Waals surface area (Å²) in [5, 5.41) is 0. The van der Waals surface area contributed by atoms with Gasteiger partial charge in [0.1, 0.15) is 0 Å². The number of rotatable bonds is 1. The Morgan fingerprint density at radius 3 is 1.50 bits per heavy atom. The van der Waals surface area contributed by atoms with Crippen LogP contribution in [0, 0.1) is 0 Å². The molecule has 0 spiro atoms. The van der Waals surface area contributed by atoms with Crippen LogP contribution in [0.3, 0.4) is 0 Å². The zero-order valence-corrected chi connectivity index (χ0v) is 6.12. The maximum absolute atomic E-state index is 9.74. The van der Waals surface area contributed by atoms with E-state index in [4.69, 9.17) is 4.79 Å². The van der Waals surface area contributed by atoms with Crippen LogP contribution in [-0.4, -0.2) is 34.0 Å². The number of ether oxygens (including phenoxy) is 3. The Bertz CT molecular complexity index is 84.0. The van der Waals surface area contributed by atoms with E-state index in [1.54, 1.807) is 0 Å². The molecule has 0 saturated heterocycles. The maximum Gasteiger partial charge on any atom is 0.507 e. The summed E-state index contributed by atoms with van der Waals surface area (Å²) in [6.07, 6.45) is -0.657. The number of carbonyl (C=O) groups excluding carboxylic acids is 2. The van der Waals surface area contributed by atoms with Crippen molar-refractivity contribution in [1.29, 1.82) is 0 Å². The molecule has 0 heterocycles. The molecular formula is C5H10O5. The summed E-state index contributed by atoms with van der Waals surface area (Å²) >= 11 is 0. The molecule has 0 amide bonds. The van der Waals surface area contributed by atoms with Gasteiger partial charge in [-0.25, -0.2) is 4.79 Å². The predicted molar refractivity (Wildman–Crippen MR) is 32.5 cm³/mol. The lowest BCUT2D eigenvalue weighted by molar-refractivity contribution is -0.126. The molecule has 5 heteroatoms. The third-order valence-electron chi connectivity index (χ3n) is 0.430. The van der Waals surface area contributed by atoms with E-state index in [0.717, 1.165) is 0 Å². The molecular weight excluding hydrogens is 140 g/mol. The molecule has 0 aromatic rings. The van der Waals surface area contributed by atoms with Gasteiger partial charge < -0.3 is 14.2 Å². The highest BCUT2D eigenvalue weighted by Gasteiger charge is 1.88. The first-order valence-electron chi connectivity index (χ1n) is 2.31. The first-order chi connectivity index (χ1) is 4.72. The molecule has 0 aliphatic carbocycles. The fourth-order valence-corrected chi connectivity index (χ4v) is 0.0833. The van der Waals surface area contributed by atoms with Crippen LogP contribution >= 0.6 is 0 Å². The standard InChI is InChI=1S/C3H6O3.C2H4O2/c1-5-3(4)6-2;1-4-2-3/h1-2H3;2H,1H3. The van der Waals surface area contributed by atoms with Crippen molar-refractivity contribution in [3.05, 3.63) is 0 Å². The van der Waals surface area contributed by atoms with Gasteiger partial charge in [-0.1, -0.05) is 0 Å². The second-order valence-corrected chi connectivity index (χ2v) is 0.990. The van der Waals surface area contributed by atoms with Gasteiger partial charge in [-0.05, 0) is 0 Å². The fraction of sp³-hybridized carbons (Fsp3) is 0.600. The van der Waals surface area contributed by atoms with E-state index in [-0.39, 0.29) is 0 Å². The van der Waals surface area contributed by atoms with Crippen LogP contribution in [-0.2, 0) is 19.0 Å². The molecule has 0 bridgehead atoms. The Kier molecular flexibility index (Phi) is 12.3. The van der Waals surface area contributed by atoms with E-state index in [1.165, 1.54) is 21.3 Å². The predicted octanol–water partition coefficient (Wildman–Crippen LogP) is 0.188. The number of hydrogen-bond donors (Lipinski definition) is 0. The van der Waals surface area contributed by atoms with Gasteiger partial charge >= 0.3 is 6.16 Å². The van der Waals surface area contributed by atoms with Gasteiger partial charge in [-0.15, -0.1) is 0 Å². The van der Waals surface area contributed by atoms with Crippen LogP contribution in [0.1, 0.15) is 0 Å². The summed E-state index contributed by atoms with van der Waals surface area (Å²) in [4.78, 5) is 18.7. The van der Waals surface area contributed by atoms with Crippen molar-refractivity contribution in [2.24, 2.45) is 0 Å². The second kappa shape index (κ2) is 10.7. The molecule has 0 radical (unpaired) electrons. The van der Waals surface area contributed by atoms with Gasteiger partial charge in [0.25, 0.3) is 6.47 Å². The van der Waals surface area contributed by atoms with Crippen molar-refractivity contribution in [3.8, 4) is 0 Å². The van der Waals surface area contributed by atoms with Gasteiger partial charge in [0, 0.05) is 0 Å². The number of methoxy groups -OCH3 is 3. The van der Waals surface area contributed by atoms with Crippen molar-refractivity contribution in [3.63, 3.8) is 0 Å². The summed E-state index contributed by atoms with van der Waals surface area (Å²) in [6.45, 7) is 0.375. The lowest BCUT2D eigenvalue weighted by atomic mass is 11.3. The van der Waals surface area contributed by atoms with E-state index in [9.17, 15) is 4.79 Å². The van der Waals surface area contributed by atoms with Gasteiger partial charge in [0.05, 0.1) is 21.3 Å². The Morgan fingerprint density at radius 2 is 1.50 bits per heavy atom. The summed E-state index contributed by atoms with van der Waals surface area (Å²) in [7, 11) is 3.82. The summed E-state index contributed by atoms with van der Waals surface area (Å²) in [6, 6.07) is 0. The molecule has 60 valence electrons. The molecule has 0 fully saturated rings. The third-order valence-corrected chi connectivity index (χ3v) is 0.430. The van der Waals surface area contributed by atoms with Crippen molar-refractivity contribution in [2.75, 3.05) is 21.3 Å². The van der Waals surface area contributed by atoms with Crippen molar-refractivity contribution >= 4 is 12.6 Å². The van der Waals surface area contributed by atoms with Gasteiger partial charge in [0.2, 0.25) is 0 Å². The largest absolute Gasteiger partial charge is 0.507 e. The van der Waals surface area contributed by atoms with Crippen molar-refractivity contribution < 1.29 is 23.8 Å². The smallest absolute Gasteiger partial charge is 0.471 e. The average Bonchev–Trinajstić information content (AvgIpc) is 2.03. The maximum atomic E-state index is 9.74. The SMILES string of the molecule is COC(=O)OC.COC=O. The van der Waals surface area contributed by atoms with Crippen LogP contribution < -0.4 is 0 Å². The van der Waals surface area contributed by atoms with Crippen LogP contribution in [0.25, 0.3) is 0 Å². The lowest BCUT2D eigenvalue weighted by Gasteiger charge is -1.89. The van der Waals surface area contributed by atoms with E-state index >= 15 is 0 Å². The second-order valence-electron chi connectivity index (χ2n) is 0.990. The molecule has 0 rings (SSSR count). The zero-order chi connectivity index (χ0) is 8.41. The Morgan fingerprint density at radius 1 is 1.20 bits per heavy atom. The molecule has 0 aliphatic heterocycles. The Hall–Kier alpha value is -1.26. The Balaban J connectivity index is 0. The van der Waals surface area contributed by atoms with Gasteiger partial charge in [0.15, 0.2) is 0 Å². The highest BCUT2D eigenvalue weighted by Crippen LogP contribution is 1.72. The topological polar surface area (TPSA) is 61.8 Å². The average molecular weight is 150 g/mol. The molecule has 0 saturated carbocycles. The number of carbonyl (C=O) groups is 2. The first kappa shape index (κ1) is 11.5. The minimum Gasteiger partial charge on any atom is -0.471 e. The fourth-order valence-electron chi connectivity index (χ4n) is 0.0833. The van der Waals surface area contributed by atoms with E-state index in [1.807, 2.05) is 0 Å². The van der Waals surface area contributed by atoms with E-state index in [2.05, 4.69) is 14.2 Å². The third kappa shape index (κ3) is 15.9.